The zero-order valence-electron chi connectivity index (χ0n) is 22.9. The molecule has 0 bridgehead atoms. The van der Waals surface area contributed by atoms with Gasteiger partial charge in [-0.15, -0.1) is 0 Å². The number of aromatic nitrogens is 1. The summed E-state index contributed by atoms with van der Waals surface area (Å²) < 4.78 is 37.6. The van der Waals surface area contributed by atoms with Gasteiger partial charge in [0.2, 0.25) is 0 Å². The standard InChI is InChI=1S/C29H35N3O2.C2HF3O2/c33-29(23-9-8-22-10-13-30-26(22)18-23)25-7-3-2-6-24(25)28(27-20-34-27)32-16-11-21(12-17-32)19-31-14-4-1-5-15-31;3-2(4,5)1(6)7/h2-3,6-10,13,18,21,27-28,30H,1,4-5,11-12,14-17,19-20H2;(H,6,7). The van der Waals surface area contributed by atoms with Crippen LogP contribution in [0.1, 0.15) is 59.6 Å². The number of carboxylic acid groups (broad SMARTS) is 1. The predicted molar refractivity (Wildman–Crippen MR) is 149 cm³/mol. The van der Waals surface area contributed by atoms with Gasteiger partial charge >= 0.3 is 12.1 Å². The summed E-state index contributed by atoms with van der Waals surface area (Å²) >= 11 is 0. The third-order valence-corrected chi connectivity index (χ3v) is 8.30. The van der Waals surface area contributed by atoms with Crippen molar-refractivity contribution in [2.75, 3.05) is 39.3 Å². The predicted octanol–water partition coefficient (Wildman–Crippen LogP) is 5.67. The zero-order valence-corrected chi connectivity index (χ0v) is 22.9. The number of carbonyl (C=O) groups is 2. The van der Waals surface area contributed by atoms with Crippen LogP contribution in [0.25, 0.3) is 10.9 Å². The van der Waals surface area contributed by atoms with Crippen LogP contribution in [0.3, 0.4) is 0 Å². The number of nitrogens with zero attached hydrogens (tertiary/aromatic N) is 2. The Morgan fingerprint density at radius 2 is 1.68 bits per heavy atom. The summed E-state index contributed by atoms with van der Waals surface area (Å²) in [6.07, 6.45) is 3.62. The van der Waals surface area contributed by atoms with E-state index in [0.29, 0.717) is 0 Å². The largest absolute Gasteiger partial charge is 0.490 e. The molecule has 3 aromatic rings. The fraction of sp³-hybridized carbons (Fsp3) is 0.484. The maximum Gasteiger partial charge on any atom is 0.490 e. The number of nitrogens with one attached hydrogen (secondary N) is 1. The summed E-state index contributed by atoms with van der Waals surface area (Å²) in [6.45, 7) is 6.77. The number of hydrogen-bond acceptors (Lipinski definition) is 5. The zero-order chi connectivity index (χ0) is 29.0. The number of epoxide rings is 1. The summed E-state index contributed by atoms with van der Waals surface area (Å²) in [4.78, 5) is 31.1. The molecule has 3 fully saturated rings. The van der Waals surface area contributed by atoms with Crippen molar-refractivity contribution < 1.29 is 32.6 Å². The number of piperidine rings is 2. The van der Waals surface area contributed by atoms with E-state index in [1.54, 1.807) is 0 Å². The number of carboxylic acids is 1. The molecule has 2 aromatic carbocycles. The summed E-state index contributed by atoms with van der Waals surface area (Å²) in [6, 6.07) is 16.3. The molecular weight excluding hydrogens is 535 g/mol. The molecule has 0 amide bonds. The number of aromatic amines is 1. The van der Waals surface area contributed by atoms with Gasteiger partial charge in [0.05, 0.1) is 12.6 Å². The van der Waals surface area contributed by atoms with E-state index in [4.69, 9.17) is 14.6 Å². The van der Waals surface area contributed by atoms with Gasteiger partial charge in [-0.05, 0) is 80.9 Å². The Hall–Kier alpha value is -3.21. The Morgan fingerprint density at radius 1 is 1.00 bits per heavy atom. The molecule has 4 heterocycles. The number of aliphatic carboxylic acids is 1. The van der Waals surface area contributed by atoms with Gasteiger partial charge in [0, 0.05) is 29.4 Å². The first-order valence-corrected chi connectivity index (χ1v) is 14.3. The minimum absolute atomic E-state index is 0.0951. The summed E-state index contributed by atoms with van der Waals surface area (Å²) in [5, 5.41) is 8.25. The van der Waals surface area contributed by atoms with E-state index in [9.17, 15) is 18.0 Å². The van der Waals surface area contributed by atoms with E-state index in [0.717, 1.165) is 53.2 Å². The highest BCUT2D eigenvalue weighted by atomic mass is 19.4. The second-order valence-corrected chi connectivity index (χ2v) is 11.2. The number of halogens is 3. The number of benzene rings is 2. The number of rotatable bonds is 7. The Bertz CT molecular complexity index is 1340. The third kappa shape index (κ3) is 7.36. The Balaban J connectivity index is 0.000000431. The van der Waals surface area contributed by atoms with Crippen LogP contribution in [0.4, 0.5) is 13.2 Å². The number of hydrogen-bond donors (Lipinski definition) is 2. The normalized spacial score (nSPS) is 21.2. The topological polar surface area (TPSA) is 89.2 Å². The lowest BCUT2D eigenvalue weighted by Crippen LogP contribution is -2.43. The molecule has 2 atom stereocenters. The summed E-state index contributed by atoms with van der Waals surface area (Å²) in [7, 11) is 0. The van der Waals surface area contributed by atoms with E-state index in [2.05, 4.69) is 26.9 Å². The van der Waals surface area contributed by atoms with Crippen molar-refractivity contribution in [2.45, 2.75) is 50.4 Å². The van der Waals surface area contributed by atoms with Crippen LogP contribution < -0.4 is 0 Å². The molecule has 2 N–H and O–H groups in total. The van der Waals surface area contributed by atoms with Gasteiger partial charge in [-0.25, -0.2) is 4.79 Å². The average molecular weight is 572 g/mol. The van der Waals surface area contributed by atoms with Crippen molar-refractivity contribution in [3.63, 3.8) is 0 Å². The first-order chi connectivity index (χ1) is 19.7. The Kier molecular flexibility index (Phi) is 9.11. The fourth-order valence-electron chi connectivity index (χ4n) is 6.10. The van der Waals surface area contributed by atoms with E-state index in [1.807, 2.05) is 42.6 Å². The molecule has 0 saturated carbocycles. The average Bonchev–Trinajstić information content (AvgIpc) is 3.69. The van der Waals surface area contributed by atoms with Gasteiger partial charge in [-0.2, -0.15) is 13.2 Å². The van der Waals surface area contributed by atoms with Gasteiger partial charge in [0.1, 0.15) is 6.10 Å². The van der Waals surface area contributed by atoms with Crippen LogP contribution in [-0.2, 0) is 9.53 Å². The molecule has 220 valence electrons. The first-order valence-electron chi connectivity index (χ1n) is 14.3. The number of ether oxygens (including phenoxy) is 1. The van der Waals surface area contributed by atoms with E-state index in [-0.39, 0.29) is 17.9 Å². The van der Waals surface area contributed by atoms with Crippen LogP contribution >= 0.6 is 0 Å². The maximum absolute atomic E-state index is 13.7. The molecule has 2 unspecified atom stereocenters. The number of H-pyrrole nitrogens is 1. The highest BCUT2D eigenvalue weighted by Crippen LogP contribution is 2.38. The number of ketones is 1. The van der Waals surface area contributed by atoms with Gasteiger partial charge in [0.15, 0.2) is 5.78 Å². The highest BCUT2D eigenvalue weighted by molar-refractivity contribution is 6.11. The summed E-state index contributed by atoms with van der Waals surface area (Å²) in [5.41, 5.74) is 3.67. The maximum atomic E-state index is 13.7. The molecule has 6 rings (SSSR count). The van der Waals surface area contributed by atoms with E-state index < -0.39 is 12.1 Å². The Morgan fingerprint density at radius 3 is 2.34 bits per heavy atom. The molecule has 0 radical (unpaired) electrons. The molecule has 41 heavy (non-hydrogen) atoms. The molecule has 0 spiro atoms. The van der Waals surface area contributed by atoms with Crippen LogP contribution in [-0.4, -0.2) is 83.3 Å². The lowest BCUT2D eigenvalue weighted by molar-refractivity contribution is -0.192. The third-order valence-electron chi connectivity index (χ3n) is 8.30. The van der Waals surface area contributed by atoms with Crippen molar-refractivity contribution in [1.29, 1.82) is 0 Å². The van der Waals surface area contributed by atoms with Gasteiger partial charge < -0.3 is 19.7 Å². The van der Waals surface area contributed by atoms with Crippen LogP contribution in [0.15, 0.2) is 54.7 Å². The molecule has 10 heteroatoms. The molecule has 7 nitrogen and oxygen atoms in total. The van der Waals surface area contributed by atoms with Crippen molar-refractivity contribution in [2.24, 2.45) is 5.92 Å². The minimum atomic E-state index is -5.08. The Labute approximate surface area is 237 Å². The lowest BCUT2D eigenvalue weighted by Gasteiger charge is -2.39. The second-order valence-electron chi connectivity index (χ2n) is 11.2. The molecule has 1 aromatic heterocycles. The smallest absolute Gasteiger partial charge is 0.475 e. The molecule has 3 aliphatic heterocycles. The molecular formula is C31H36F3N3O4. The van der Waals surface area contributed by atoms with Crippen molar-refractivity contribution >= 4 is 22.7 Å². The summed E-state index contributed by atoms with van der Waals surface area (Å²) in [5.74, 6) is -1.87. The lowest BCUT2D eigenvalue weighted by atomic mass is 9.89. The quantitative estimate of drug-likeness (QED) is 0.281. The molecule has 0 aliphatic carbocycles. The van der Waals surface area contributed by atoms with Gasteiger partial charge in [-0.3, -0.25) is 9.69 Å². The monoisotopic (exact) mass is 571 g/mol. The van der Waals surface area contributed by atoms with Crippen LogP contribution in [0.5, 0.6) is 0 Å². The van der Waals surface area contributed by atoms with Crippen molar-refractivity contribution in [3.05, 3.63) is 71.4 Å². The fourth-order valence-corrected chi connectivity index (χ4v) is 6.10. The van der Waals surface area contributed by atoms with Gasteiger partial charge in [0.25, 0.3) is 0 Å². The van der Waals surface area contributed by atoms with Crippen molar-refractivity contribution in [1.82, 2.24) is 14.8 Å². The SMILES string of the molecule is O=C(O)C(F)(F)F.O=C(c1ccc2cc[nH]c2c1)c1ccccc1C(C1CO1)N1CCC(CN2CCCCC2)CC1. The molecule has 3 aliphatic rings. The van der Waals surface area contributed by atoms with Crippen molar-refractivity contribution in [3.8, 4) is 0 Å². The van der Waals surface area contributed by atoms with Crippen LogP contribution in [0, 0.1) is 5.92 Å². The van der Waals surface area contributed by atoms with Gasteiger partial charge in [-0.1, -0.05) is 42.8 Å². The number of alkyl halides is 3. The number of carbonyl (C=O) groups excluding carboxylic acids is 1. The number of likely N-dealkylation sites (tertiary alicyclic amines) is 2. The minimum Gasteiger partial charge on any atom is -0.475 e. The molecule has 3 saturated heterocycles. The van der Waals surface area contributed by atoms with Crippen LogP contribution in [0.2, 0.25) is 0 Å². The van der Waals surface area contributed by atoms with E-state index >= 15 is 0 Å². The number of fused-ring (bicyclic) bond motifs is 1. The highest BCUT2D eigenvalue weighted by Gasteiger charge is 2.41. The first kappa shape index (κ1) is 29.3. The van der Waals surface area contributed by atoms with E-state index in [1.165, 1.54) is 51.7 Å². The second kappa shape index (κ2) is 12.8.